The molecule has 0 aliphatic rings. The van der Waals surface area contributed by atoms with Gasteiger partial charge in [-0.25, -0.2) is 9.89 Å². The fraction of sp³-hybridized carbons (Fsp3) is 0.364. The summed E-state index contributed by atoms with van der Waals surface area (Å²) in [6.45, 7) is 6.28. The molecule has 5 heteroatoms. The Kier molecular flexibility index (Phi) is 2.38. The zero-order chi connectivity index (χ0) is 11.8. The van der Waals surface area contributed by atoms with E-state index in [2.05, 4.69) is 36.0 Å². The highest BCUT2D eigenvalue weighted by molar-refractivity contribution is 5.52. The Morgan fingerprint density at radius 2 is 2.06 bits per heavy atom. The maximum atomic E-state index is 10.8. The highest BCUT2D eigenvalue weighted by Gasteiger charge is 2.16. The quantitative estimate of drug-likeness (QED) is 0.792. The van der Waals surface area contributed by atoms with Crippen LogP contribution in [0, 0.1) is 0 Å². The Morgan fingerprint density at radius 3 is 2.62 bits per heavy atom. The van der Waals surface area contributed by atoms with Gasteiger partial charge in [0.2, 0.25) is 0 Å². The fourth-order valence-electron chi connectivity index (χ4n) is 1.32. The van der Waals surface area contributed by atoms with E-state index in [-0.39, 0.29) is 11.3 Å². The lowest BCUT2D eigenvalue weighted by Crippen LogP contribution is -2.11. The monoisotopic (exact) mass is 219 g/mol. The number of nitrogens with zero attached hydrogens (tertiary/aromatic N) is 2. The first-order valence-electron chi connectivity index (χ1n) is 4.98. The van der Waals surface area contributed by atoms with Crippen molar-refractivity contribution in [2.24, 2.45) is 0 Å². The molecular weight excluding hydrogens is 206 g/mol. The Balaban J connectivity index is 2.48. The predicted octanol–water partition coefficient (Wildman–Crippen LogP) is 1.72. The van der Waals surface area contributed by atoms with Crippen molar-refractivity contribution in [3.8, 4) is 11.5 Å². The van der Waals surface area contributed by atoms with Crippen LogP contribution < -0.4 is 5.76 Å². The molecule has 2 aromatic heterocycles. The van der Waals surface area contributed by atoms with Gasteiger partial charge in [0, 0.05) is 12.4 Å². The van der Waals surface area contributed by atoms with Crippen LogP contribution >= 0.6 is 0 Å². The molecule has 0 unspecified atom stereocenters. The van der Waals surface area contributed by atoms with Gasteiger partial charge < -0.3 is 4.42 Å². The van der Waals surface area contributed by atoms with Crippen molar-refractivity contribution in [3.05, 3.63) is 34.6 Å². The van der Waals surface area contributed by atoms with Crippen molar-refractivity contribution in [2.75, 3.05) is 0 Å². The van der Waals surface area contributed by atoms with Gasteiger partial charge in [0.15, 0.2) is 0 Å². The van der Waals surface area contributed by atoms with E-state index in [0.717, 1.165) is 5.56 Å². The highest BCUT2D eigenvalue weighted by atomic mass is 16.4. The Labute approximate surface area is 92.5 Å². The average Bonchev–Trinajstić information content (AvgIpc) is 2.64. The third-order valence-corrected chi connectivity index (χ3v) is 2.29. The Hall–Kier alpha value is -1.91. The number of rotatable bonds is 1. The van der Waals surface area contributed by atoms with E-state index in [1.165, 1.54) is 0 Å². The second-order valence-electron chi connectivity index (χ2n) is 4.63. The molecule has 0 fully saturated rings. The first-order valence-corrected chi connectivity index (χ1v) is 4.98. The third-order valence-electron chi connectivity index (χ3n) is 2.29. The van der Waals surface area contributed by atoms with Crippen LogP contribution in [-0.2, 0) is 5.41 Å². The van der Waals surface area contributed by atoms with Crippen molar-refractivity contribution in [1.29, 1.82) is 0 Å². The summed E-state index contributed by atoms with van der Waals surface area (Å²) in [5.74, 6) is -0.292. The SMILES string of the molecule is CC(C)(C)c1cncc(-c2n[nH]c(=O)o2)c1. The number of hydrogen-bond donors (Lipinski definition) is 1. The van der Waals surface area contributed by atoms with Crippen LogP contribution in [0.3, 0.4) is 0 Å². The van der Waals surface area contributed by atoms with Gasteiger partial charge in [0.25, 0.3) is 5.89 Å². The first-order chi connectivity index (χ1) is 7.47. The standard InChI is InChI=1S/C11H13N3O2/c1-11(2,3)8-4-7(5-12-6-8)9-13-14-10(15)16-9/h4-6H,1-3H3,(H,14,15). The van der Waals surface area contributed by atoms with Crippen molar-refractivity contribution < 1.29 is 4.42 Å². The Morgan fingerprint density at radius 1 is 1.31 bits per heavy atom. The second kappa shape index (κ2) is 3.59. The lowest BCUT2D eigenvalue weighted by atomic mass is 9.88. The molecule has 0 saturated carbocycles. The predicted molar refractivity (Wildman–Crippen MR) is 59.1 cm³/mol. The number of pyridine rings is 1. The van der Waals surface area contributed by atoms with Crippen LogP contribution in [0.5, 0.6) is 0 Å². The van der Waals surface area contributed by atoms with Gasteiger partial charge in [0.05, 0.1) is 5.56 Å². The van der Waals surface area contributed by atoms with E-state index < -0.39 is 5.76 Å². The fourth-order valence-corrected chi connectivity index (χ4v) is 1.32. The lowest BCUT2D eigenvalue weighted by Gasteiger charge is -2.18. The number of aromatic amines is 1. The molecule has 0 aliphatic carbocycles. The van der Waals surface area contributed by atoms with E-state index in [9.17, 15) is 4.79 Å². The van der Waals surface area contributed by atoms with Gasteiger partial charge in [-0.15, -0.1) is 5.10 Å². The number of aromatic nitrogens is 3. The van der Waals surface area contributed by atoms with Crippen LogP contribution in [0.25, 0.3) is 11.5 Å². The number of nitrogens with one attached hydrogen (secondary N) is 1. The minimum absolute atomic E-state index is 0.000385. The Bertz CT molecular complexity index is 549. The van der Waals surface area contributed by atoms with Gasteiger partial charge >= 0.3 is 5.76 Å². The van der Waals surface area contributed by atoms with Crippen LogP contribution in [0.4, 0.5) is 0 Å². The van der Waals surface area contributed by atoms with Gasteiger partial charge in [-0.1, -0.05) is 20.8 Å². The van der Waals surface area contributed by atoms with Gasteiger partial charge in [-0.3, -0.25) is 4.98 Å². The minimum atomic E-state index is -0.559. The van der Waals surface area contributed by atoms with Crippen molar-refractivity contribution >= 4 is 0 Å². The van der Waals surface area contributed by atoms with Crippen LogP contribution in [0.15, 0.2) is 27.7 Å². The molecule has 0 aromatic carbocycles. The molecule has 0 spiro atoms. The zero-order valence-corrected chi connectivity index (χ0v) is 9.44. The smallest absolute Gasteiger partial charge is 0.388 e. The third kappa shape index (κ3) is 2.03. The molecule has 2 rings (SSSR count). The molecule has 0 radical (unpaired) electrons. The summed E-state index contributed by atoms with van der Waals surface area (Å²) >= 11 is 0. The minimum Gasteiger partial charge on any atom is -0.388 e. The second-order valence-corrected chi connectivity index (χ2v) is 4.63. The molecule has 0 saturated heterocycles. The summed E-state index contributed by atoms with van der Waals surface area (Å²) in [4.78, 5) is 15.0. The number of hydrogen-bond acceptors (Lipinski definition) is 4. The molecule has 2 heterocycles. The molecule has 0 atom stereocenters. The lowest BCUT2D eigenvalue weighted by molar-refractivity contribution is 0.526. The van der Waals surface area contributed by atoms with Crippen LogP contribution in [0.1, 0.15) is 26.3 Å². The molecule has 0 amide bonds. The molecule has 84 valence electrons. The molecule has 0 bridgehead atoms. The molecule has 0 aliphatic heterocycles. The maximum absolute atomic E-state index is 10.8. The zero-order valence-electron chi connectivity index (χ0n) is 9.44. The highest BCUT2D eigenvalue weighted by Crippen LogP contribution is 2.24. The van der Waals surface area contributed by atoms with Gasteiger partial charge in [0.1, 0.15) is 0 Å². The normalized spacial score (nSPS) is 11.7. The average molecular weight is 219 g/mol. The van der Waals surface area contributed by atoms with E-state index >= 15 is 0 Å². The topological polar surface area (TPSA) is 71.8 Å². The molecule has 1 N–H and O–H groups in total. The summed E-state index contributed by atoms with van der Waals surface area (Å²) in [6.07, 6.45) is 3.42. The summed E-state index contributed by atoms with van der Waals surface area (Å²) in [7, 11) is 0. The van der Waals surface area contributed by atoms with Gasteiger partial charge in [-0.2, -0.15) is 0 Å². The van der Waals surface area contributed by atoms with Gasteiger partial charge in [-0.05, 0) is 17.0 Å². The van der Waals surface area contributed by atoms with Crippen molar-refractivity contribution in [1.82, 2.24) is 15.2 Å². The van der Waals surface area contributed by atoms with Crippen molar-refractivity contribution in [3.63, 3.8) is 0 Å². The molecular formula is C11H13N3O2. The molecule has 16 heavy (non-hydrogen) atoms. The molecule has 2 aromatic rings. The molecule has 5 nitrogen and oxygen atoms in total. The van der Waals surface area contributed by atoms with Crippen molar-refractivity contribution in [2.45, 2.75) is 26.2 Å². The summed E-state index contributed by atoms with van der Waals surface area (Å²) in [6, 6.07) is 1.92. The van der Waals surface area contributed by atoms with Crippen LogP contribution in [0.2, 0.25) is 0 Å². The van der Waals surface area contributed by atoms with E-state index in [0.29, 0.717) is 5.56 Å². The number of H-pyrrole nitrogens is 1. The summed E-state index contributed by atoms with van der Waals surface area (Å²) in [5, 5.41) is 5.99. The largest absolute Gasteiger partial charge is 0.434 e. The first kappa shape index (κ1) is 10.6. The maximum Gasteiger partial charge on any atom is 0.434 e. The summed E-state index contributed by atoms with van der Waals surface area (Å²) in [5.41, 5.74) is 1.76. The van der Waals surface area contributed by atoms with E-state index in [4.69, 9.17) is 4.42 Å². The van der Waals surface area contributed by atoms with E-state index in [1.54, 1.807) is 12.4 Å². The van der Waals surface area contributed by atoms with E-state index in [1.807, 2.05) is 6.07 Å². The van der Waals surface area contributed by atoms with Crippen LogP contribution in [-0.4, -0.2) is 15.2 Å². The summed E-state index contributed by atoms with van der Waals surface area (Å²) < 4.78 is 4.87.